The maximum absolute atomic E-state index is 13.1. The van der Waals surface area contributed by atoms with Crippen molar-refractivity contribution in [3.63, 3.8) is 0 Å². The Morgan fingerprint density at radius 1 is 0.967 bits per heavy atom. The topological polar surface area (TPSA) is 97.7 Å². The number of anilines is 1. The molecular formula is C22H18N6O2. The van der Waals surface area contributed by atoms with Crippen molar-refractivity contribution < 1.29 is 4.74 Å². The van der Waals surface area contributed by atoms with Crippen molar-refractivity contribution in [1.82, 2.24) is 24.7 Å². The lowest BCUT2D eigenvalue weighted by Crippen LogP contribution is -2.20. The van der Waals surface area contributed by atoms with Crippen LogP contribution in [0.25, 0.3) is 27.6 Å². The quantitative estimate of drug-likeness (QED) is 0.427. The van der Waals surface area contributed by atoms with Crippen LogP contribution in [0.1, 0.15) is 0 Å². The van der Waals surface area contributed by atoms with E-state index in [0.29, 0.717) is 35.7 Å². The van der Waals surface area contributed by atoms with E-state index in [-0.39, 0.29) is 5.56 Å². The Hall–Kier alpha value is -4.20. The third-order valence-corrected chi connectivity index (χ3v) is 4.73. The summed E-state index contributed by atoms with van der Waals surface area (Å²) in [5.41, 5.74) is 1.67. The number of pyridine rings is 1. The third-order valence-electron chi connectivity index (χ3n) is 4.73. The molecule has 2 N–H and O–H groups in total. The van der Waals surface area contributed by atoms with E-state index in [0.717, 1.165) is 16.8 Å². The fourth-order valence-corrected chi connectivity index (χ4v) is 3.34. The van der Waals surface area contributed by atoms with E-state index in [1.165, 1.54) is 6.20 Å². The first-order valence-electron chi connectivity index (χ1n) is 9.53. The Morgan fingerprint density at radius 3 is 2.53 bits per heavy atom. The molecule has 0 spiro atoms. The molecule has 0 aliphatic heterocycles. The highest BCUT2D eigenvalue weighted by atomic mass is 16.5. The van der Waals surface area contributed by atoms with Gasteiger partial charge in [-0.3, -0.25) is 14.5 Å². The van der Waals surface area contributed by atoms with Crippen LogP contribution >= 0.6 is 0 Å². The van der Waals surface area contributed by atoms with Crippen LogP contribution in [0.4, 0.5) is 5.95 Å². The van der Waals surface area contributed by atoms with E-state index in [1.54, 1.807) is 10.8 Å². The maximum Gasteiger partial charge on any atom is 0.267 e. The largest absolute Gasteiger partial charge is 0.492 e. The molecule has 3 heterocycles. The van der Waals surface area contributed by atoms with Gasteiger partial charge in [0.1, 0.15) is 12.4 Å². The Bertz CT molecular complexity index is 1360. The molecule has 5 aromatic rings. The monoisotopic (exact) mass is 398 g/mol. The van der Waals surface area contributed by atoms with Gasteiger partial charge >= 0.3 is 0 Å². The van der Waals surface area contributed by atoms with Crippen molar-refractivity contribution in [1.29, 1.82) is 0 Å². The summed E-state index contributed by atoms with van der Waals surface area (Å²) in [6, 6.07) is 19.0. The highest BCUT2D eigenvalue weighted by Gasteiger charge is 2.16. The number of ether oxygens (including phenoxy) is 1. The number of para-hydroxylation sites is 2. The third kappa shape index (κ3) is 3.24. The van der Waals surface area contributed by atoms with Crippen LogP contribution in [0.5, 0.6) is 5.75 Å². The number of hydrogen-bond acceptors (Lipinski definition) is 6. The number of rotatable bonds is 6. The van der Waals surface area contributed by atoms with Crippen LogP contribution in [-0.4, -0.2) is 37.9 Å². The summed E-state index contributed by atoms with van der Waals surface area (Å²) in [6.45, 7) is 0.971. The lowest BCUT2D eigenvalue weighted by atomic mass is 10.2. The number of aromatic nitrogens is 5. The Labute approximate surface area is 171 Å². The normalized spacial score (nSPS) is 11.1. The van der Waals surface area contributed by atoms with E-state index in [4.69, 9.17) is 4.74 Å². The van der Waals surface area contributed by atoms with Gasteiger partial charge in [0.25, 0.3) is 5.56 Å². The molecule has 0 saturated heterocycles. The number of benzene rings is 2. The Balaban J connectivity index is 1.50. The van der Waals surface area contributed by atoms with Gasteiger partial charge in [0.05, 0.1) is 34.7 Å². The molecule has 0 unspecified atom stereocenters. The fraction of sp³-hybridized carbons (Fsp3) is 0.0909. The molecule has 3 aromatic heterocycles. The molecule has 148 valence electrons. The number of fused-ring (bicyclic) bond motifs is 3. The van der Waals surface area contributed by atoms with Gasteiger partial charge in [0.15, 0.2) is 5.65 Å². The number of H-pyrrole nitrogens is 1. The van der Waals surface area contributed by atoms with Gasteiger partial charge in [-0.25, -0.2) is 4.98 Å². The highest BCUT2D eigenvalue weighted by molar-refractivity contribution is 6.02. The Morgan fingerprint density at radius 2 is 1.73 bits per heavy atom. The Kier molecular flexibility index (Phi) is 4.57. The van der Waals surface area contributed by atoms with Gasteiger partial charge in [-0.2, -0.15) is 10.1 Å². The summed E-state index contributed by atoms with van der Waals surface area (Å²) in [7, 11) is 0. The number of hydrogen-bond donors (Lipinski definition) is 2. The molecule has 0 aliphatic rings. The van der Waals surface area contributed by atoms with Gasteiger partial charge in [-0.05, 0) is 24.3 Å². The van der Waals surface area contributed by atoms with E-state index in [2.05, 4.69) is 25.5 Å². The zero-order valence-electron chi connectivity index (χ0n) is 15.9. The molecule has 0 amide bonds. The molecule has 0 atom stereocenters. The molecule has 30 heavy (non-hydrogen) atoms. The molecule has 2 aromatic carbocycles. The predicted molar refractivity (Wildman–Crippen MR) is 115 cm³/mol. The summed E-state index contributed by atoms with van der Waals surface area (Å²) >= 11 is 0. The molecule has 0 radical (unpaired) electrons. The van der Waals surface area contributed by atoms with Crippen LogP contribution in [-0.2, 0) is 0 Å². The fourth-order valence-electron chi connectivity index (χ4n) is 3.34. The summed E-state index contributed by atoms with van der Waals surface area (Å²) in [5, 5.41) is 11.3. The molecule has 8 heteroatoms. The second-order valence-electron chi connectivity index (χ2n) is 6.65. The average Bonchev–Trinajstić information content (AvgIpc) is 3.29. The molecule has 8 nitrogen and oxygen atoms in total. The number of nitrogens with one attached hydrogen (secondary N) is 2. The average molecular weight is 398 g/mol. The second kappa shape index (κ2) is 7.67. The van der Waals surface area contributed by atoms with Crippen molar-refractivity contribution in [3.05, 3.63) is 83.4 Å². The van der Waals surface area contributed by atoms with E-state index in [9.17, 15) is 4.79 Å². The summed E-state index contributed by atoms with van der Waals surface area (Å²) < 4.78 is 7.27. The van der Waals surface area contributed by atoms with Crippen molar-refractivity contribution >= 4 is 27.9 Å². The second-order valence-corrected chi connectivity index (χ2v) is 6.65. The standard InChI is InChI=1S/C22H18N6O2/c29-21-18-14-25-27-19(18)17-13-24-22(23-11-12-30-16-9-5-2-6-10-16)26-20(17)28(21)15-7-3-1-4-8-15/h1-10,13-14H,11-12H2,(H,25,27)(H,23,24,26). The highest BCUT2D eigenvalue weighted by Crippen LogP contribution is 2.22. The maximum atomic E-state index is 13.1. The molecule has 0 fully saturated rings. The smallest absolute Gasteiger partial charge is 0.267 e. The van der Waals surface area contributed by atoms with Crippen LogP contribution < -0.4 is 15.6 Å². The minimum atomic E-state index is -0.186. The van der Waals surface area contributed by atoms with Crippen LogP contribution in [0, 0.1) is 0 Å². The first-order chi connectivity index (χ1) is 14.8. The zero-order chi connectivity index (χ0) is 20.3. The minimum absolute atomic E-state index is 0.186. The van der Waals surface area contributed by atoms with Gasteiger partial charge < -0.3 is 10.1 Å². The molecule has 0 saturated carbocycles. The lowest BCUT2D eigenvalue weighted by molar-refractivity contribution is 0.332. The molecular weight excluding hydrogens is 380 g/mol. The van der Waals surface area contributed by atoms with Gasteiger partial charge in [-0.1, -0.05) is 36.4 Å². The van der Waals surface area contributed by atoms with E-state index in [1.807, 2.05) is 60.7 Å². The summed E-state index contributed by atoms with van der Waals surface area (Å²) in [4.78, 5) is 22.2. The molecule has 5 rings (SSSR count). The number of aromatic amines is 1. The van der Waals surface area contributed by atoms with Gasteiger partial charge in [-0.15, -0.1) is 0 Å². The van der Waals surface area contributed by atoms with Crippen molar-refractivity contribution in [2.24, 2.45) is 0 Å². The summed E-state index contributed by atoms with van der Waals surface area (Å²) in [6.07, 6.45) is 3.23. The first-order valence-corrected chi connectivity index (χ1v) is 9.53. The van der Waals surface area contributed by atoms with Crippen LogP contribution in [0.15, 0.2) is 77.9 Å². The molecule has 0 aliphatic carbocycles. The van der Waals surface area contributed by atoms with Crippen molar-refractivity contribution in [2.75, 3.05) is 18.5 Å². The van der Waals surface area contributed by atoms with E-state index < -0.39 is 0 Å². The zero-order valence-corrected chi connectivity index (χ0v) is 15.9. The lowest BCUT2D eigenvalue weighted by Gasteiger charge is -2.12. The van der Waals surface area contributed by atoms with Crippen LogP contribution in [0.3, 0.4) is 0 Å². The van der Waals surface area contributed by atoms with Crippen molar-refractivity contribution in [3.8, 4) is 11.4 Å². The van der Waals surface area contributed by atoms with Gasteiger partial charge in [0.2, 0.25) is 5.95 Å². The van der Waals surface area contributed by atoms with Gasteiger partial charge in [0, 0.05) is 6.20 Å². The SMILES string of the molecule is O=c1c2cn[nH]c2c2cnc(NCCOc3ccccc3)nc2n1-c1ccccc1. The first kappa shape index (κ1) is 17.9. The van der Waals surface area contributed by atoms with E-state index >= 15 is 0 Å². The minimum Gasteiger partial charge on any atom is -0.492 e. The number of nitrogens with zero attached hydrogens (tertiary/aromatic N) is 4. The van der Waals surface area contributed by atoms with Crippen LogP contribution in [0.2, 0.25) is 0 Å². The predicted octanol–water partition coefficient (Wildman–Crippen LogP) is 3.15. The van der Waals surface area contributed by atoms with Crippen molar-refractivity contribution in [2.45, 2.75) is 0 Å². The molecule has 0 bridgehead atoms. The summed E-state index contributed by atoms with van der Waals surface area (Å²) in [5.74, 6) is 1.22.